The van der Waals surface area contributed by atoms with Crippen LogP contribution in [0, 0.1) is 0 Å². The van der Waals surface area contributed by atoms with Crippen molar-refractivity contribution in [1.82, 2.24) is 30.5 Å². The summed E-state index contributed by atoms with van der Waals surface area (Å²) in [4.78, 5) is 13.3. The van der Waals surface area contributed by atoms with Crippen LogP contribution in [0.15, 0.2) is 73.2 Å². The van der Waals surface area contributed by atoms with Crippen LogP contribution >= 0.6 is 0 Å². The summed E-state index contributed by atoms with van der Waals surface area (Å²) in [6.45, 7) is 10.1. The maximum Gasteiger partial charge on any atom is 0.407 e. The summed E-state index contributed by atoms with van der Waals surface area (Å²) in [6, 6.07) is 17.9. The second-order valence-corrected chi connectivity index (χ2v) is 11.5. The number of hydrogen-bond donors (Lipinski definition) is 1. The van der Waals surface area contributed by atoms with E-state index in [1.54, 1.807) is 24.7 Å². The average Bonchev–Trinajstić information content (AvgIpc) is 3.42. The fraction of sp³-hybridized carbons (Fsp3) is 0.367. The first-order valence-electron chi connectivity index (χ1n) is 13.3. The number of amides is 1. The van der Waals surface area contributed by atoms with Gasteiger partial charge in [-0.05, 0) is 56.2 Å². The minimum atomic E-state index is -0.381. The molecule has 2 heterocycles. The molecule has 10 heteroatoms. The molecule has 0 bridgehead atoms. The average molecular weight is 543 g/mol. The topological polar surface area (TPSA) is 113 Å². The van der Waals surface area contributed by atoms with E-state index in [4.69, 9.17) is 14.2 Å². The van der Waals surface area contributed by atoms with E-state index in [0.717, 1.165) is 16.9 Å². The van der Waals surface area contributed by atoms with Crippen LogP contribution in [-0.2, 0) is 10.2 Å². The fourth-order valence-corrected chi connectivity index (χ4v) is 4.41. The van der Waals surface area contributed by atoms with Gasteiger partial charge in [0.05, 0.1) is 18.6 Å². The lowest BCUT2D eigenvalue weighted by atomic mass is 9.78. The lowest BCUT2D eigenvalue weighted by Crippen LogP contribution is -2.46. The number of nitrogens with one attached hydrogen (secondary N) is 1. The fourth-order valence-electron chi connectivity index (χ4n) is 4.41. The van der Waals surface area contributed by atoms with E-state index in [1.165, 1.54) is 4.80 Å². The summed E-state index contributed by atoms with van der Waals surface area (Å²) in [5, 5.41) is 19.0. The van der Waals surface area contributed by atoms with Crippen LogP contribution in [0.2, 0.25) is 0 Å². The van der Waals surface area contributed by atoms with Gasteiger partial charge in [-0.2, -0.15) is 15.3 Å². The lowest BCUT2D eigenvalue weighted by molar-refractivity contribution is -0.0243. The van der Waals surface area contributed by atoms with Gasteiger partial charge in [-0.3, -0.25) is 0 Å². The van der Waals surface area contributed by atoms with Crippen LogP contribution in [-0.4, -0.2) is 49.0 Å². The number of aromatic nitrogens is 5. The zero-order valence-corrected chi connectivity index (χ0v) is 23.4. The Morgan fingerprint density at radius 3 is 2.05 bits per heavy atom. The number of ether oxygens (including phenoxy) is 3. The Hall–Kier alpha value is -4.47. The van der Waals surface area contributed by atoms with Gasteiger partial charge in [-0.15, -0.1) is 9.90 Å². The van der Waals surface area contributed by atoms with Crippen molar-refractivity contribution in [3.8, 4) is 23.1 Å². The monoisotopic (exact) mass is 542 g/mol. The SMILES string of the molecule is CC(C)(C)NC(=O)OC1CC(Oc2ccc(C(C)(C)c3ccc(Oc4cnnc(-n5nccn5)c4)cc3)cc2)C1. The third-order valence-corrected chi connectivity index (χ3v) is 6.73. The molecular weight excluding hydrogens is 508 g/mol. The highest BCUT2D eigenvalue weighted by molar-refractivity contribution is 5.68. The van der Waals surface area contributed by atoms with E-state index < -0.39 is 0 Å². The number of benzene rings is 2. The van der Waals surface area contributed by atoms with Crippen molar-refractivity contribution in [2.45, 2.75) is 70.6 Å². The molecule has 2 aromatic heterocycles. The van der Waals surface area contributed by atoms with Gasteiger partial charge in [-0.25, -0.2) is 4.79 Å². The molecule has 1 aliphatic rings. The van der Waals surface area contributed by atoms with E-state index in [-0.39, 0.29) is 29.3 Å². The zero-order chi connectivity index (χ0) is 28.3. The molecule has 0 atom stereocenters. The number of carbonyl (C=O) groups is 1. The zero-order valence-electron chi connectivity index (χ0n) is 23.4. The summed E-state index contributed by atoms with van der Waals surface area (Å²) in [6.07, 6.45) is 5.64. The minimum Gasteiger partial charge on any atom is -0.490 e. The summed E-state index contributed by atoms with van der Waals surface area (Å²) < 4.78 is 17.5. The van der Waals surface area contributed by atoms with E-state index in [1.807, 2.05) is 45.0 Å². The smallest absolute Gasteiger partial charge is 0.407 e. The van der Waals surface area contributed by atoms with Crippen LogP contribution in [0.3, 0.4) is 0 Å². The highest BCUT2D eigenvalue weighted by Gasteiger charge is 2.34. The Bertz CT molecular complexity index is 1420. The molecule has 2 aromatic carbocycles. The Kier molecular flexibility index (Phi) is 7.42. The van der Waals surface area contributed by atoms with Gasteiger partial charge in [0.25, 0.3) is 0 Å². The Balaban J connectivity index is 1.15. The molecule has 0 aliphatic heterocycles. The molecular formula is C30H34N6O4. The molecule has 5 rings (SSSR count). The van der Waals surface area contributed by atoms with Crippen molar-refractivity contribution in [2.24, 2.45) is 0 Å². The van der Waals surface area contributed by atoms with Crippen molar-refractivity contribution >= 4 is 6.09 Å². The molecule has 1 aliphatic carbocycles. The van der Waals surface area contributed by atoms with Gasteiger partial charge in [0.2, 0.25) is 0 Å². The maximum absolute atomic E-state index is 11.9. The number of carbonyl (C=O) groups excluding carboxylic acids is 1. The minimum absolute atomic E-state index is 0.0429. The summed E-state index contributed by atoms with van der Waals surface area (Å²) in [7, 11) is 0. The molecule has 0 spiro atoms. The number of rotatable bonds is 8. The second-order valence-electron chi connectivity index (χ2n) is 11.5. The quantitative estimate of drug-likeness (QED) is 0.306. The first-order valence-corrected chi connectivity index (χ1v) is 13.3. The van der Waals surface area contributed by atoms with Gasteiger partial charge in [0, 0.05) is 29.9 Å². The standard InChI is InChI=1S/C30H34N6O4/c1-29(2,3)34-28(37)40-25-16-24(17-25)38-22-10-6-20(7-11-22)30(4,5)21-8-12-23(13-9-21)39-26-18-27(35-31-19-26)36-32-14-15-33-36/h6-15,18-19,24-25H,16-17H2,1-5H3,(H,34,37). The molecule has 0 radical (unpaired) electrons. The molecule has 1 saturated carbocycles. The summed E-state index contributed by atoms with van der Waals surface area (Å²) >= 11 is 0. The molecule has 1 amide bonds. The predicted molar refractivity (Wildman–Crippen MR) is 149 cm³/mol. The molecule has 1 fully saturated rings. The number of alkyl carbamates (subject to hydrolysis) is 1. The van der Waals surface area contributed by atoms with E-state index in [2.05, 4.69) is 63.8 Å². The second kappa shape index (κ2) is 11.0. The molecule has 40 heavy (non-hydrogen) atoms. The van der Waals surface area contributed by atoms with Gasteiger partial charge in [0.1, 0.15) is 23.7 Å². The number of hydrogen-bond acceptors (Lipinski definition) is 8. The molecule has 10 nitrogen and oxygen atoms in total. The normalized spacial score (nSPS) is 17.0. The lowest BCUT2D eigenvalue weighted by Gasteiger charge is -2.35. The molecule has 208 valence electrons. The van der Waals surface area contributed by atoms with Crippen molar-refractivity contribution in [3.05, 3.63) is 84.3 Å². The van der Waals surface area contributed by atoms with Crippen LogP contribution in [0.4, 0.5) is 4.79 Å². The Morgan fingerprint density at radius 2 is 1.45 bits per heavy atom. The van der Waals surface area contributed by atoms with Crippen molar-refractivity contribution in [1.29, 1.82) is 0 Å². The van der Waals surface area contributed by atoms with Crippen molar-refractivity contribution in [2.75, 3.05) is 0 Å². The first-order chi connectivity index (χ1) is 19.0. The van der Waals surface area contributed by atoms with E-state index >= 15 is 0 Å². The Morgan fingerprint density at radius 1 is 0.850 bits per heavy atom. The highest BCUT2D eigenvalue weighted by atomic mass is 16.6. The third kappa shape index (κ3) is 6.56. The van der Waals surface area contributed by atoms with Crippen LogP contribution in [0.5, 0.6) is 17.2 Å². The molecule has 4 aromatic rings. The maximum atomic E-state index is 11.9. The largest absolute Gasteiger partial charge is 0.490 e. The van der Waals surface area contributed by atoms with Crippen molar-refractivity contribution < 1.29 is 19.0 Å². The van der Waals surface area contributed by atoms with Crippen LogP contribution < -0.4 is 14.8 Å². The van der Waals surface area contributed by atoms with Gasteiger partial charge >= 0.3 is 6.09 Å². The predicted octanol–water partition coefficient (Wildman–Crippen LogP) is 5.61. The third-order valence-electron chi connectivity index (χ3n) is 6.73. The van der Waals surface area contributed by atoms with E-state index in [9.17, 15) is 4.79 Å². The van der Waals surface area contributed by atoms with Crippen LogP contribution in [0.25, 0.3) is 5.82 Å². The summed E-state index contributed by atoms with van der Waals surface area (Å²) in [5.74, 6) is 2.51. The van der Waals surface area contributed by atoms with Gasteiger partial charge < -0.3 is 19.5 Å². The first kappa shape index (κ1) is 27.1. The highest BCUT2D eigenvalue weighted by Crippen LogP contribution is 2.35. The molecule has 1 N–H and O–H groups in total. The summed E-state index contributed by atoms with van der Waals surface area (Å²) in [5.41, 5.74) is 1.76. The van der Waals surface area contributed by atoms with Crippen LogP contribution in [0.1, 0.15) is 58.6 Å². The van der Waals surface area contributed by atoms with Gasteiger partial charge in [-0.1, -0.05) is 38.1 Å². The van der Waals surface area contributed by atoms with Gasteiger partial charge in [0.15, 0.2) is 11.6 Å². The molecule has 0 unspecified atom stereocenters. The number of nitrogens with zero attached hydrogens (tertiary/aromatic N) is 5. The molecule has 0 saturated heterocycles. The van der Waals surface area contributed by atoms with Crippen molar-refractivity contribution in [3.63, 3.8) is 0 Å². The van der Waals surface area contributed by atoms with E-state index in [0.29, 0.717) is 30.2 Å². The Labute approximate surface area is 233 Å².